The molecule has 0 saturated carbocycles. The highest BCUT2D eigenvalue weighted by molar-refractivity contribution is 7.14. The highest BCUT2D eigenvalue weighted by Gasteiger charge is 2.29. The van der Waals surface area contributed by atoms with Crippen LogP contribution in [0, 0.1) is 5.92 Å². The molecule has 10 nitrogen and oxygen atoms in total. The van der Waals surface area contributed by atoms with E-state index in [0.29, 0.717) is 17.3 Å². The van der Waals surface area contributed by atoms with Crippen molar-refractivity contribution in [3.05, 3.63) is 88.4 Å². The van der Waals surface area contributed by atoms with Gasteiger partial charge in [-0.25, -0.2) is 14.8 Å². The van der Waals surface area contributed by atoms with Gasteiger partial charge >= 0.3 is 11.9 Å². The zero-order chi connectivity index (χ0) is 37.7. The first kappa shape index (κ1) is 39.9. The Balaban J connectivity index is 1.43. The Bertz CT molecular complexity index is 1780. The molecule has 2 aromatic carbocycles. The van der Waals surface area contributed by atoms with E-state index in [-0.39, 0.29) is 30.5 Å². The van der Waals surface area contributed by atoms with Gasteiger partial charge in [-0.2, -0.15) is 0 Å². The molecule has 2 heterocycles. The number of carboxylic acids is 2. The monoisotopic (exact) mass is 727 g/mol. The number of carboxylic acid groups (broad SMARTS) is 2. The van der Waals surface area contributed by atoms with Crippen LogP contribution in [-0.4, -0.2) is 56.5 Å². The van der Waals surface area contributed by atoms with Crippen LogP contribution in [0.5, 0.6) is 5.75 Å². The molecule has 2 atom stereocenters. The Morgan fingerprint density at radius 1 is 0.827 bits per heavy atom. The number of rotatable bonds is 20. The number of carbonyl (C=O) groups excluding carboxylic acids is 2. The molecule has 0 aliphatic rings. The maximum atomic E-state index is 13.5. The average molecular weight is 728 g/mol. The standard InChI is InChI=1S/C41H49N3O7S/c1-5-6-7-8-9-22-51-32-16-14-28(15-17-32)31-25-42-38(43-26-31)29-12-10-27(11-13-29)23-30(39(48)44-33(40(49)50)18-21-37(46)47)24-34(45)35-19-20-36(52-35)41(2,3)4/h10-17,19-20,25-26,30,33H,5-9,18,21-24H2,1-4H3,(H,44,48)(H,46,47)(H,49,50)/t30-,33-/m1/s1. The minimum atomic E-state index is -1.39. The number of unbranched alkanes of at least 4 members (excludes halogenated alkanes) is 4. The molecule has 0 radical (unpaired) electrons. The molecule has 1 amide bonds. The van der Waals surface area contributed by atoms with Crippen molar-refractivity contribution in [1.82, 2.24) is 15.3 Å². The van der Waals surface area contributed by atoms with Crippen molar-refractivity contribution in [2.24, 2.45) is 5.92 Å². The van der Waals surface area contributed by atoms with E-state index in [1.165, 1.54) is 37.0 Å². The largest absolute Gasteiger partial charge is 0.494 e. The minimum Gasteiger partial charge on any atom is -0.494 e. The molecule has 276 valence electrons. The van der Waals surface area contributed by atoms with E-state index >= 15 is 0 Å². The Labute approximate surface area is 309 Å². The molecular formula is C41H49N3O7S. The number of aliphatic carboxylic acids is 2. The van der Waals surface area contributed by atoms with E-state index in [4.69, 9.17) is 9.84 Å². The van der Waals surface area contributed by atoms with Crippen molar-refractivity contribution in [2.75, 3.05) is 6.61 Å². The lowest BCUT2D eigenvalue weighted by Crippen LogP contribution is -2.44. The number of Topliss-reactive ketones (excluding diaryl/α,β-unsaturated/α-hetero) is 1. The molecule has 0 spiro atoms. The molecule has 0 fully saturated rings. The van der Waals surface area contributed by atoms with Crippen molar-refractivity contribution >= 4 is 35.0 Å². The summed E-state index contributed by atoms with van der Waals surface area (Å²) in [5.41, 5.74) is 3.23. The number of benzene rings is 2. The third-order valence-corrected chi connectivity index (χ3v) is 10.3. The first-order valence-electron chi connectivity index (χ1n) is 17.9. The first-order valence-corrected chi connectivity index (χ1v) is 18.7. The van der Waals surface area contributed by atoms with E-state index in [0.717, 1.165) is 39.3 Å². The predicted octanol–water partition coefficient (Wildman–Crippen LogP) is 8.38. The van der Waals surface area contributed by atoms with Crippen LogP contribution in [0.15, 0.2) is 73.1 Å². The van der Waals surface area contributed by atoms with Crippen LogP contribution in [0.3, 0.4) is 0 Å². The highest BCUT2D eigenvalue weighted by atomic mass is 32.1. The van der Waals surface area contributed by atoms with Crippen LogP contribution in [0.4, 0.5) is 0 Å². The van der Waals surface area contributed by atoms with E-state index in [1.807, 2.05) is 54.6 Å². The van der Waals surface area contributed by atoms with E-state index < -0.39 is 36.2 Å². The molecule has 0 saturated heterocycles. The summed E-state index contributed by atoms with van der Waals surface area (Å²) in [6.45, 7) is 9.08. The average Bonchev–Trinajstić information content (AvgIpc) is 3.64. The number of ketones is 1. The van der Waals surface area contributed by atoms with Gasteiger partial charge in [0.2, 0.25) is 5.91 Å². The topological polar surface area (TPSA) is 156 Å². The van der Waals surface area contributed by atoms with E-state index in [2.05, 4.69) is 43.0 Å². The number of aromatic nitrogens is 2. The van der Waals surface area contributed by atoms with Gasteiger partial charge in [-0.3, -0.25) is 14.4 Å². The summed E-state index contributed by atoms with van der Waals surface area (Å²) in [6.07, 6.45) is 8.82. The van der Waals surface area contributed by atoms with Crippen LogP contribution < -0.4 is 10.1 Å². The SMILES string of the molecule is CCCCCCCOc1ccc(-c2cnc(-c3ccc(C[C@H](CC(=O)c4ccc(C(C)(C)C)s4)C(=O)N[C@H](CCC(=O)O)C(=O)O)cc3)nc2)cc1. The van der Waals surface area contributed by atoms with Gasteiger partial charge in [-0.1, -0.05) is 89.8 Å². The lowest BCUT2D eigenvalue weighted by atomic mass is 9.92. The summed E-state index contributed by atoms with van der Waals surface area (Å²) in [7, 11) is 0. The highest BCUT2D eigenvalue weighted by Crippen LogP contribution is 2.31. The number of ether oxygens (including phenoxy) is 1. The second kappa shape index (κ2) is 19.1. The lowest BCUT2D eigenvalue weighted by molar-refractivity contribution is -0.143. The lowest BCUT2D eigenvalue weighted by Gasteiger charge is -2.20. The van der Waals surface area contributed by atoms with Gasteiger partial charge in [-0.15, -0.1) is 11.3 Å². The maximum Gasteiger partial charge on any atom is 0.326 e. The number of hydrogen-bond acceptors (Lipinski definition) is 8. The summed E-state index contributed by atoms with van der Waals surface area (Å²) in [4.78, 5) is 60.5. The van der Waals surface area contributed by atoms with Crippen molar-refractivity contribution in [3.63, 3.8) is 0 Å². The summed E-state index contributed by atoms with van der Waals surface area (Å²) in [6, 6.07) is 17.5. The van der Waals surface area contributed by atoms with Crippen molar-refractivity contribution in [1.29, 1.82) is 0 Å². The Morgan fingerprint density at radius 2 is 1.48 bits per heavy atom. The number of carbonyl (C=O) groups is 4. The Morgan fingerprint density at radius 3 is 2.08 bits per heavy atom. The third kappa shape index (κ3) is 12.1. The smallest absolute Gasteiger partial charge is 0.326 e. The summed E-state index contributed by atoms with van der Waals surface area (Å²) >= 11 is 1.38. The Kier molecular flexibility index (Phi) is 14.6. The fourth-order valence-corrected chi connectivity index (χ4v) is 6.64. The molecule has 2 aromatic heterocycles. The predicted molar refractivity (Wildman–Crippen MR) is 203 cm³/mol. The van der Waals surface area contributed by atoms with Crippen LogP contribution in [-0.2, 0) is 26.2 Å². The number of amides is 1. The molecule has 11 heteroatoms. The molecule has 0 aliphatic heterocycles. The second-order valence-electron chi connectivity index (χ2n) is 14.1. The van der Waals surface area contributed by atoms with E-state index in [1.54, 1.807) is 18.5 Å². The molecule has 0 aliphatic carbocycles. The number of nitrogens with one attached hydrogen (secondary N) is 1. The summed E-state index contributed by atoms with van der Waals surface area (Å²) < 4.78 is 5.88. The van der Waals surface area contributed by atoms with Crippen molar-refractivity contribution < 1.29 is 34.1 Å². The van der Waals surface area contributed by atoms with Gasteiger partial charge < -0.3 is 20.3 Å². The van der Waals surface area contributed by atoms with Gasteiger partial charge in [0.25, 0.3) is 0 Å². The molecule has 4 rings (SSSR count). The van der Waals surface area contributed by atoms with Gasteiger partial charge in [0, 0.05) is 47.2 Å². The number of nitrogens with zero attached hydrogens (tertiary/aromatic N) is 2. The summed E-state index contributed by atoms with van der Waals surface area (Å²) in [5.74, 6) is -2.87. The zero-order valence-electron chi connectivity index (χ0n) is 30.4. The fraction of sp³-hybridized carbons (Fsp3) is 0.415. The van der Waals surface area contributed by atoms with Gasteiger partial charge in [-0.05, 0) is 60.1 Å². The molecule has 0 bridgehead atoms. The molecule has 4 aromatic rings. The molecule has 0 unspecified atom stereocenters. The molecular weight excluding hydrogens is 679 g/mol. The number of thiophene rings is 1. The van der Waals surface area contributed by atoms with Crippen LogP contribution in [0.2, 0.25) is 0 Å². The van der Waals surface area contributed by atoms with Crippen molar-refractivity contribution in [2.45, 2.75) is 96.9 Å². The minimum absolute atomic E-state index is 0.139. The third-order valence-electron chi connectivity index (χ3n) is 8.73. The van der Waals surface area contributed by atoms with Crippen LogP contribution in [0.25, 0.3) is 22.5 Å². The first-order chi connectivity index (χ1) is 24.8. The van der Waals surface area contributed by atoms with Crippen LogP contribution in [0.1, 0.15) is 99.2 Å². The zero-order valence-corrected chi connectivity index (χ0v) is 31.2. The van der Waals surface area contributed by atoms with Crippen molar-refractivity contribution in [3.8, 4) is 28.3 Å². The summed E-state index contributed by atoms with van der Waals surface area (Å²) in [5, 5.41) is 21.2. The maximum absolute atomic E-state index is 13.5. The van der Waals surface area contributed by atoms with Crippen LogP contribution >= 0.6 is 11.3 Å². The molecule has 3 N–H and O–H groups in total. The second-order valence-corrected chi connectivity index (χ2v) is 15.1. The quantitative estimate of drug-likeness (QED) is 0.0601. The number of hydrogen-bond donors (Lipinski definition) is 3. The fourth-order valence-electron chi connectivity index (χ4n) is 5.63. The van der Waals surface area contributed by atoms with Gasteiger partial charge in [0.15, 0.2) is 11.6 Å². The van der Waals surface area contributed by atoms with Gasteiger partial charge in [0.1, 0.15) is 11.8 Å². The van der Waals surface area contributed by atoms with Gasteiger partial charge in [0.05, 0.1) is 11.5 Å². The van der Waals surface area contributed by atoms with E-state index in [9.17, 15) is 24.3 Å². The Hall–Kier alpha value is -4.90. The molecule has 52 heavy (non-hydrogen) atoms. The normalized spacial score (nSPS) is 12.5.